The topological polar surface area (TPSA) is 3.24 Å². The first-order valence-electron chi connectivity index (χ1n) is 4.08. The summed E-state index contributed by atoms with van der Waals surface area (Å²) in [6.45, 7) is 1.35. The summed E-state index contributed by atoms with van der Waals surface area (Å²) in [7, 11) is 2.27. The average molecular weight is 125 g/mol. The Hall–Kier alpha value is -0.0400. The molecule has 1 heterocycles. The fourth-order valence-corrected chi connectivity index (χ4v) is 2.01. The highest BCUT2D eigenvalue weighted by Crippen LogP contribution is 2.39. The summed E-state index contributed by atoms with van der Waals surface area (Å²) in [5.74, 6) is 1.09. The van der Waals surface area contributed by atoms with Crippen molar-refractivity contribution in [3.63, 3.8) is 0 Å². The molecule has 0 aromatic rings. The van der Waals surface area contributed by atoms with Gasteiger partial charge in [0.2, 0.25) is 0 Å². The first-order valence-corrected chi connectivity index (χ1v) is 4.08. The van der Waals surface area contributed by atoms with Gasteiger partial charge in [-0.25, -0.2) is 0 Å². The summed E-state index contributed by atoms with van der Waals surface area (Å²) in [5, 5.41) is 0. The minimum Gasteiger partial charge on any atom is -0.303 e. The molecule has 2 aliphatic rings. The third-order valence-corrected chi connectivity index (χ3v) is 2.74. The van der Waals surface area contributed by atoms with Crippen LogP contribution in [0.5, 0.6) is 0 Å². The van der Waals surface area contributed by atoms with Gasteiger partial charge in [-0.2, -0.15) is 0 Å². The van der Waals surface area contributed by atoms with Crippen molar-refractivity contribution >= 4 is 0 Å². The average Bonchev–Trinajstić information content (AvgIpc) is 2.58. The molecule has 2 fully saturated rings. The zero-order valence-electron chi connectivity index (χ0n) is 6.14. The molecule has 9 heavy (non-hydrogen) atoms. The number of hydrogen-bond donors (Lipinski definition) is 0. The molecule has 0 N–H and O–H groups in total. The standard InChI is InChI=1S/C8H15N/c1-9-6-2-3-8(9)7-4-5-7/h7-8H,2-6H2,1H3. The summed E-state index contributed by atoms with van der Waals surface area (Å²) in [6, 6.07) is 0.977. The van der Waals surface area contributed by atoms with Gasteiger partial charge in [-0.3, -0.25) is 0 Å². The quantitative estimate of drug-likeness (QED) is 0.513. The van der Waals surface area contributed by atoms with Gasteiger partial charge < -0.3 is 4.90 Å². The highest BCUT2D eigenvalue weighted by Gasteiger charge is 2.35. The van der Waals surface area contributed by atoms with Gasteiger partial charge in [0.25, 0.3) is 0 Å². The highest BCUT2D eigenvalue weighted by atomic mass is 15.2. The predicted octanol–water partition coefficient (Wildman–Crippen LogP) is 1.49. The van der Waals surface area contributed by atoms with E-state index in [1.165, 1.54) is 32.2 Å². The van der Waals surface area contributed by atoms with Crippen LogP contribution in [0.2, 0.25) is 0 Å². The summed E-state index contributed by atoms with van der Waals surface area (Å²) in [4.78, 5) is 2.54. The Balaban J connectivity index is 1.93. The SMILES string of the molecule is CN1CCCC1C1CC1. The third-order valence-electron chi connectivity index (χ3n) is 2.74. The van der Waals surface area contributed by atoms with Crippen molar-refractivity contribution in [2.45, 2.75) is 31.7 Å². The lowest BCUT2D eigenvalue weighted by Gasteiger charge is -2.17. The van der Waals surface area contributed by atoms with E-state index < -0.39 is 0 Å². The minimum atomic E-state index is 0.977. The highest BCUT2D eigenvalue weighted by molar-refractivity contribution is 4.90. The van der Waals surface area contributed by atoms with Gasteiger partial charge in [-0.1, -0.05) is 0 Å². The van der Waals surface area contributed by atoms with Gasteiger partial charge in [0.1, 0.15) is 0 Å². The second kappa shape index (κ2) is 1.98. The van der Waals surface area contributed by atoms with Crippen molar-refractivity contribution in [1.82, 2.24) is 4.90 Å². The molecule has 0 amide bonds. The predicted molar refractivity (Wildman–Crippen MR) is 38.4 cm³/mol. The summed E-state index contributed by atoms with van der Waals surface area (Å²) >= 11 is 0. The molecule has 1 saturated heterocycles. The van der Waals surface area contributed by atoms with Crippen LogP contribution in [0.15, 0.2) is 0 Å². The molecule has 2 rings (SSSR count). The normalized spacial score (nSPS) is 37.7. The minimum absolute atomic E-state index is 0.977. The van der Waals surface area contributed by atoms with Gasteiger partial charge in [0.05, 0.1) is 0 Å². The first kappa shape index (κ1) is 5.72. The van der Waals surface area contributed by atoms with Crippen LogP contribution in [0, 0.1) is 5.92 Å². The molecule has 1 saturated carbocycles. The Morgan fingerprint density at radius 2 is 2.00 bits per heavy atom. The van der Waals surface area contributed by atoms with E-state index in [0.717, 1.165) is 12.0 Å². The molecule has 0 bridgehead atoms. The van der Waals surface area contributed by atoms with Crippen molar-refractivity contribution in [3.8, 4) is 0 Å². The molecule has 0 aromatic carbocycles. The largest absolute Gasteiger partial charge is 0.303 e. The van der Waals surface area contributed by atoms with E-state index >= 15 is 0 Å². The van der Waals surface area contributed by atoms with Crippen LogP contribution < -0.4 is 0 Å². The summed E-state index contributed by atoms with van der Waals surface area (Å²) in [5.41, 5.74) is 0. The van der Waals surface area contributed by atoms with E-state index in [1.54, 1.807) is 0 Å². The van der Waals surface area contributed by atoms with Gasteiger partial charge in [-0.05, 0) is 45.2 Å². The van der Waals surface area contributed by atoms with Crippen LogP contribution >= 0.6 is 0 Å². The van der Waals surface area contributed by atoms with Crippen LogP contribution in [0.25, 0.3) is 0 Å². The molecule has 52 valence electrons. The van der Waals surface area contributed by atoms with Crippen LogP contribution in [0.1, 0.15) is 25.7 Å². The Morgan fingerprint density at radius 3 is 2.44 bits per heavy atom. The van der Waals surface area contributed by atoms with E-state index in [0.29, 0.717) is 0 Å². The molecular weight excluding hydrogens is 110 g/mol. The van der Waals surface area contributed by atoms with Crippen molar-refractivity contribution in [2.75, 3.05) is 13.6 Å². The van der Waals surface area contributed by atoms with Crippen molar-refractivity contribution < 1.29 is 0 Å². The number of hydrogen-bond acceptors (Lipinski definition) is 1. The maximum Gasteiger partial charge on any atom is 0.0121 e. The Labute approximate surface area is 57.0 Å². The lowest BCUT2D eigenvalue weighted by Crippen LogP contribution is -2.26. The smallest absolute Gasteiger partial charge is 0.0121 e. The summed E-state index contributed by atoms with van der Waals surface area (Å²) in [6.07, 6.45) is 5.93. The van der Waals surface area contributed by atoms with E-state index in [4.69, 9.17) is 0 Å². The van der Waals surface area contributed by atoms with E-state index in [2.05, 4.69) is 11.9 Å². The van der Waals surface area contributed by atoms with Gasteiger partial charge >= 0.3 is 0 Å². The monoisotopic (exact) mass is 125 g/mol. The van der Waals surface area contributed by atoms with Crippen LogP contribution in [-0.4, -0.2) is 24.5 Å². The molecule has 0 radical (unpaired) electrons. The van der Waals surface area contributed by atoms with Crippen LogP contribution in [0.3, 0.4) is 0 Å². The van der Waals surface area contributed by atoms with E-state index in [-0.39, 0.29) is 0 Å². The number of nitrogens with zero attached hydrogens (tertiary/aromatic N) is 1. The first-order chi connectivity index (χ1) is 4.38. The second-order valence-corrected chi connectivity index (χ2v) is 3.53. The molecule has 0 aromatic heterocycles. The zero-order chi connectivity index (χ0) is 6.27. The molecule has 1 atom stereocenters. The third kappa shape index (κ3) is 0.983. The molecule has 1 nitrogen and oxygen atoms in total. The van der Waals surface area contributed by atoms with Crippen LogP contribution in [-0.2, 0) is 0 Å². The van der Waals surface area contributed by atoms with Crippen molar-refractivity contribution in [1.29, 1.82) is 0 Å². The molecule has 1 aliphatic heterocycles. The van der Waals surface area contributed by atoms with E-state index in [9.17, 15) is 0 Å². The number of rotatable bonds is 1. The van der Waals surface area contributed by atoms with Crippen molar-refractivity contribution in [2.24, 2.45) is 5.92 Å². The van der Waals surface area contributed by atoms with Gasteiger partial charge in [0.15, 0.2) is 0 Å². The lowest BCUT2D eigenvalue weighted by molar-refractivity contribution is 0.283. The molecule has 1 heteroatoms. The summed E-state index contributed by atoms with van der Waals surface area (Å²) < 4.78 is 0. The lowest BCUT2D eigenvalue weighted by atomic mass is 10.1. The van der Waals surface area contributed by atoms with Gasteiger partial charge in [-0.15, -0.1) is 0 Å². The second-order valence-electron chi connectivity index (χ2n) is 3.53. The Kier molecular flexibility index (Phi) is 1.26. The molecule has 0 spiro atoms. The van der Waals surface area contributed by atoms with Crippen LogP contribution in [0.4, 0.5) is 0 Å². The number of likely N-dealkylation sites (tertiary alicyclic amines) is 1. The van der Waals surface area contributed by atoms with Gasteiger partial charge in [0, 0.05) is 6.04 Å². The maximum absolute atomic E-state index is 2.54. The zero-order valence-corrected chi connectivity index (χ0v) is 6.14. The Bertz CT molecular complexity index is 107. The fraction of sp³-hybridized carbons (Fsp3) is 1.00. The van der Waals surface area contributed by atoms with Crippen molar-refractivity contribution in [3.05, 3.63) is 0 Å². The molecular formula is C8H15N. The van der Waals surface area contributed by atoms with E-state index in [1.807, 2.05) is 0 Å². The molecule has 1 aliphatic carbocycles. The Morgan fingerprint density at radius 1 is 1.22 bits per heavy atom. The fourth-order valence-electron chi connectivity index (χ4n) is 2.01. The maximum atomic E-state index is 2.54. The molecule has 1 unspecified atom stereocenters.